The Bertz CT molecular complexity index is 1030. The molecule has 0 saturated heterocycles. The molecule has 3 rings (SSSR count). The van der Waals surface area contributed by atoms with Crippen molar-refractivity contribution in [1.82, 2.24) is 4.98 Å². The number of anilines is 1. The maximum atomic E-state index is 12.5. The minimum atomic E-state index is -0.420. The Morgan fingerprint density at radius 3 is 2.79 bits per heavy atom. The fourth-order valence-corrected chi connectivity index (χ4v) is 4.71. The van der Waals surface area contributed by atoms with Crippen LogP contribution in [0.1, 0.15) is 33.4 Å². The van der Waals surface area contributed by atoms with E-state index in [-0.39, 0.29) is 18.9 Å². The zero-order valence-corrected chi connectivity index (χ0v) is 18.1. The molecule has 2 heterocycles. The fraction of sp³-hybridized carbons (Fsp3) is 0.250. The van der Waals surface area contributed by atoms with Crippen LogP contribution in [-0.2, 0) is 16.0 Å². The molecule has 1 aromatic carbocycles. The lowest BCUT2D eigenvalue weighted by Crippen LogP contribution is -2.16. The summed E-state index contributed by atoms with van der Waals surface area (Å²) in [4.78, 5) is 30.3. The van der Waals surface area contributed by atoms with E-state index in [1.54, 1.807) is 13.0 Å². The van der Waals surface area contributed by atoms with Crippen LogP contribution in [0, 0.1) is 13.8 Å². The summed E-state index contributed by atoms with van der Waals surface area (Å²) in [5, 5.41) is 6.66. The van der Waals surface area contributed by atoms with Crippen LogP contribution in [0.2, 0.25) is 5.02 Å². The van der Waals surface area contributed by atoms with Crippen molar-refractivity contribution < 1.29 is 14.3 Å². The number of halogens is 1. The van der Waals surface area contributed by atoms with Crippen molar-refractivity contribution in [2.75, 3.05) is 11.9 Å². The van der Waals surface area contributed by atoms with Crippen LogP contribution in [0.15, 0.2) is 29.6 Å². The highest BCUT2D eigenvalue weighted by atomic mass is 35.5. The van der Waals surface area contributed by atoms with Gasteiger partial charge in [-0.25, -0.2) is 9.78 Å². The van der Waals surface area contributed by atoms with Crippen LogP contribution in [0.25, 0.3) is 10.6 Å². The first-order valence-corrected chi connectivity index (χ1v) is 10.7. The Morgan fingerprint density at radius 1 is 1.29 bits per heavy atom. The molecule has 0 atom stereocenters. The van der Waals surface area contributed by atoms with Crippen molar-refractivity contribution in [3.8, 4) is 10.6 Å². The lowest BCUT2D eigenvalue weighted by molar-refractivity contribution is -0.115. The minimum absolute atomic E-state index is 0.120. The molecule has 0 aliphatic rings. The number of hydrogen-bond acceptors (Lipinski definition) is 6. The number of carbonyl (C=O) groups is 2. The maximum absolute atomic E-state index is 12.5. The van der Waals surface area contributed by atoms with E-state index in [0.29, 0.717) is 21.3 Å². The molecule has 0 aliphatic carbocycles. The van der Waals surface area contributed by atoms with Crippen molar-refractivity contribution in [2.24, 2.45) is 0 Å². The van der Waals surface area contributed by atoms with Gasteiger partial charge in [0.15, 0.2) is 0 Å². The third-order valence-corrected chi connectivity index (χ3v) is 6.38. The summed E-state index contributed by atoms with van der Waals surface area (Å²) in [6, 6.07) is 7.44. The average molecular weight is 435 g/mol. The predicted molar refractivity (Wildman–Crippen MR) is 115 cm³/mol. The highest BCUT2D eigenvalue weighted by Gasteiger charge is 2.22. The third-order valence-electron chi connectivity index (χ3n) is 4.08. The van der Waals surface area contributed by atoms with E-state index in [0.717, 1.165) is 21.0 Å². The SMILES string of the molecule is CCOC(=O)c1c(NC(=O)Cc2csc(-c3cccc(Cl)c3)n2)sc(C)c1C. The number of aromatic nitrogens is 1. The molecule has 0 radical (unpaired) electrons. The van der Waals surface area contributed by atoms with Crippen LogP contribution < -0.4 is 5.32 Å². The molecule has 0 unspecified atom stereocenters. The number of thiazole rings is 1. The number of ether oxygens (including phenoxy) is 1. The fourth-order valence-electron chi connectivity index (χ4n) is 2.64. The van der Waals surface area contributed by atoms with Gasteiger partial charge in [0.05, 0.1) is 24.3 Å². The number of carbonyl (C=O) groups excluding carboxylic acids is 2. The highest BCUT2D eigenvalue weighted by Crippen LogP contribution is 2.33. The first-order chi connectivity index (χ1) is 13.4. The second-order valence-corrected chi connectivity index (χ2v) is 8.61. The predicted octanol–water partition coefficient (Wildman–Crippen LogP) is 5.50. The van der Waals surface area contributed by atoms with Crippen LogP contribution in [-0.4, -0.2) is 23.5 Å². The molecule has 2 aromatic heterocycles. The first kappa shape index (κ1) is 20.5. The molecule has 0 saturated carbocycles. The van der Waals surface area contributed by atoms with E-state index >= 15 is 0 Å². The molecular weight excluding hydrogens is 416 g/mol. The highest BCUT2D eigenvalue weighted by molar-refractivity contribution is 7.16. The Hall–Kier alpha value is -2.22. The number of nitrogens with one attached hydrogen (secondary N) is 1. The third kappa shape index (κ3) is 4.60. The van der Waals surface area contributed by atoms with Gasteiger partial charge >= 0.3 is 5.97 Å². The Balaban J connectivity index is 1.73. The Morgan fingerprint density at radius 2 is 2.07 bits per heavy atom. The van der Waals surface area contributed by atoms with Gasteiger partial charge in [-0.2, -0.15) is 0 Å². The molecule has 1 amide bonds. The summed E-state index contributed by atoms with van der Waals surface area (Å²) in [5.41, 5.74) is 2.84. The van der Waals surface area contributed by atoms with Gasteiger partial charge in [0.1, 0.15) is 10.0 Å². The van der Waals surface area contributed by atoms with Gasteiger partial charge in [0.2, 0.25) is 5.91 Å². The molecule has 0 aliphatic heterocycles. The summed E-state index contributed by atoms with van der Waals surface area (Å²) >= 11 is 8.86. The smallest absolute Gasteiger partial charge is 0.341 e. The van der Waals surface area contributed by atoms with Crippen molar-refractivity contribution in [1.29, 1.82) is 0 Å². The van der Waals surface area contributed by atoms with Crippen molar-refractivity contribution >= 4 is 51.2 Å². The van der Waals surface area contributed by atoms with Crippen molar-refractivity contribution in [3.63, 3.8) is 0 Å². The summed E-state index contributed by atoms with van der Waals surface area (Å²) < 4.78 is 5.12. The van der Waals surface area contributed by atoms with Gasteiger partial charge in [0.25, 0.3) is 0 Å². The van der Waals surface area contributed by atoms with E-state index in [2.05, 4.69) is 10.3 Å². The topological polar surface area (TPSA) is 68.3 Å². The van der Waals surface area contributed by atoms with Gasteiger partial charge in [-0.1, -0.05) is 23.7 Å². The van der Waals surface area contributed by atoms with Crippen LogP contribution in [0.3, 0.4) is 0 Å². The van der Waals surface area contributed by atoms with Gasteiger partial charge < -0.3 is 10.1 Å². The molecule has 0 fully saturated rings. The molecule has 5 nitrogen and oxygen atoms in total. The summed E-state index contributed by atoms with van der Waals surface area (Å²) in [5.74, 6) is -0.647. The standard InChI is InChI=1S/C20H19ClN2O3S2/c1-4-26-20(25)17-11(2)12(3)28-19(17)23-16(24)9-15-10-27-18(22-15)13-6-5-7-14(21)8-13/h5-8,10H,4,9H2,1-3H3,(H,23,24). The normalized spacial score (nSPS) is 10.7. The van der Waals surface area contributed by atoms with E-state index in [4.69, 9.17) is 16.3 Å². The van der Waals surface area contributed by atoms with Crippen molar-refractivity contribution in [2.45, 2.75) is 27.2 Å². The molecule has 8 heteroatoms. The van der Waals surface area contributed by atoms with Gasteiger partial charge in [-0.05, 0) is 38.5 Å². The second kappa shape index (κ2) is 8.86. The zero-order valence-electron chi connectivity index (χ0n) is 15.7. The molecule has 0 bridgehead atoms. The number of thiophene rings is 1. The number of aryl methyl sites for hydroxylation is 1. The summed E-state index contributed by atoms with van der Waals surface area (Å²) in [6.07, 6.45) is 0.120. The first-order valence-electron chi connectivity index (χ1n) is 8.66. The molecular formula is C20H19ClN2O3S2. The number of esters is 1. The number of amides is 1. The van der Waals surface area contributed by atoms with Crippen LogP contribution in [0.4, 0.5) is 5.00 Å². The van der Waals surface area contributed by atoms with Gasteiger partial charge in [-0.3, -0.25) is 4.79 Å². The average Bonchev–Trinajstić information content (AvgIpc) is 3.20. The lowest BCUT2D eigenvalue weighted by atomic mass is 10.1. The molecule has 3 aromatic rings. The molecule has 28 heavy (non-hydrogen) atoms. The Labute approximate surface area is 176 Å². The second-order valence-electron chi connectivity index (χ2n) is 6.09. The van der Waals surface area contributed by atoms with E-state index in [1.807, 2.05) is 37.4 Å². The zero-order chi connectivity index (χ0) is 20.3. The number of benzene rings is 1. The Kier molecular flexibility index (Phi) is 6.49. The molecule has 146 valence electrons. The van der Waals surface area contributed by atoms with E-state index in [1.165, 1.54) is 22.7 Å². The van der Waals surface area contributed by atoms with Gasteiger partial charge in [0, 0.05) is 20.8 Å². The summed E-state index contributed by atoms with van der Waals surface area (Å²) in [6.45, 7) is 5.80. The van der Waals surface area contributed by atoms with Gasteiger partial charge in [-0.15, -0.1) is 22.7 Å². The van der Waals surface area contributed by atoms with Crippen LogP contribution in [0.5, 0.6) is 0 Å². The van der Waals surface area contributed by atoms with Crippen LogP contribution >= 0.6 is 34.3 Å². The number of rotatable bonds is 6. The molecule has 0 spiro atoms. The maximum Gasteiger partial charge on any atom is 0.341 e. The lowest BCUT2D eigenvalue weighted by Gasteiger charge is -2.06. The quantitative estimate of drug-likeness (QED) is 0.520. The van der Waals surface area contributed by atoms with E-state index in [9.17, 15) is 9.59 Å². The largest absolute Gasteiger partial charge is 0.462 e. The monoisotopic (exact) mass is 434 g/mol. The number of nitrogens with zero attached hydrogens (tertiary/aromatic N) is 1. The molecule has 1 N–H and O–H groups in total. The minimum Gasteiger partial charge on any atom is -0.462 e. The number of hydrogen-bond donors (Lipinski definition) is 1. The van der Waals surface area contributed by atoms with E-state index < -0.39 is 5.97 Å². The summed E-state index contributed by atoms with van der Waals surface area (Å²) in [7, 11) is 0. The van der Waals surface area contributed by atoms with Crippen molar-refractivity contribution in [3.05, 3.63) is 56.4 Å².